The summed E-state index contributed by atoms with van der Waals surface area (Å²) in [5.41, 5.74) is 0.0357. The molecule has 2 amide bonds. The van der Waals surface area contributed by atoms with E-state index in [2.05, 4.69) is 0 Å². The van der Waals surface area contributed by atoms with E-state index in [1.165, 1.54) is 28.4 Å². The molecule has 0 unspecified atom stereocenters. The molecule has 0 spiro atoms. The first kappa shape index (κ1) is 15.2. The van der Waals surface area contributed by atoms with Gasteiger partial charge >= 0.3 is 5.97 Å². The molecule has 0 aliphatic carbocycles. The first-order valence-corrected chi connectivity index (χ1v) is 8.22. The lowest BCUT2D eigenvalue weighted by Gasteiger charge is -2.33. The van der Waals surface area contributed by atoms with E-state index in [4.69, 9.17) is 0 Å². The number of rotatable bonds is 6. The molecule has 0 aromatic heterocycles. The van der Waals surface area contributed by atoms with Crippen LogP contribution in [0.1, 0.15) is 20.3 Å². The number of nitrogens with zero attached hydrogens (tertiary/aromatic N) is 2. The van der Waals surface area contributed by atoms with Gasteiger partial charge in [0.2, 0.25) is 11.8 Å². The zero-order chi connectivity index (χ0) is 14.9. The number of thioether (sulfide) groups is 2. The molecule has 20 heavy (non-hydrogen) atoms. The van der Waals surface area contributed by atoms with Gasteiger partial charge in [-0.3, -0.25) is 14.5 Å². The molecule has 1 fully saturated rings. The second-order valence-corrected chi connectivity index (χ2v) is 6.77. The third kappa shape index (κ3) is 2.67. The van der Waals surface area contributed by atoms with Gasteiger partial charge in [-0.1, -0.05) is 11.8 Å². The van der Waals surface area contributed by atoms with Crippen LogP contribution in [0.15, 0.2) is 9.93 Å². The zero-order valence-electron chi connectivity index (χ0n) is 11.3. The number of carbonyl (C=O) groups excluding carboxylic acids is 2. The molecule has 0 radical (unpaired) electrons. The standard InChI is InChI=1S/C12H16N2O4S2/c1-3-13(4-2)8(16)6-19-12-10(11(17)18)14-7(15)5-9(14)20-12/h9H,3-6H2,1-2H3,(H,17,18)/t9-/m0/s1. The van der Waals surface area contributed by atoms with Gasteiger partial charge in [0, 0.05) is 13.1 Å². The van der Waals surface area contributed by atoms with Crippen LogP contribution in [-0.4, -0.2) is 56.9 Å². The molecular formula is C12H16N2O4S2. The van der Waals surface area contributed by atoms with Gasteiger partial charge in [0.25, 0.3) is 0 Å². The van der Waals surface area contributed by atoms with Crippen molar-refractivity contribution in [3.8, 4) is 0 Å². The van der Waals surface area contributed by atoms with E-state index >= 15 is 0 Å². The summed E-state index contributed by atoms with van der Waals surface area (Å²) < 4.78 is 0.564. The minimum absolute atomic E-state index is 0.0154. The fourth-order valence-electron chi connectivity index (χ4n) is 2.12. The highest BCUT2D eigenvalue weighted by atomic mass is 32.2. The van der Waals surface area contributed by atoms with Crippen molar-refractivity contribution in [2.75, 3.05) is 18.8 Å². The van der Waals surface area contributed by atoms with E-state index in [-0.39, 0.29) is 28.6 Å². The first-order valence-electron chi connectivity index (χ1n) is 6.36. The summed E-state index contributed by atoms with van der Waals surface area (Å²) in [6, 6.07) is 0. The molecule has 0 bridgehead atoms. The van der Waals surface area contributed by atoms with Gasteiger partial charge in [-0.25, -0.2) is 4.79 Å². The van der Waals surface area contributed by atoms with Crippen LogP contribution in [-0.2, 0) is 14.4 Å². The number of hydrogen-bond acceptors (Lipinski definition) is 5. The van der Waals surface area contributed by atoms with Gasteiger partial charge in [-0.05, 0) is 13.8 Å². The fourth-order valence-corrected chi connectivity index (χ4v) is 4.76. The summed E-state index contributed by atoms with van der Waals surface area (Å²) in [7, 11) is 0. The van der Waals surface area contributed by atoms with Gasteiger partial charge < -0.3 is 10.0 Å². The van der Waals surface area contributed by atoms with Gasteiger partial charge in [0.15, 0.2) is 5.70 Å². The fraction of sp³-hybridized carbons (Fsp3) is 0.583. The van der Waals surface area contributed by atoms with Gasteiger partial charge in [-0.15, -0.1) is 11.8 Å². The summed E-state index contributed by atoms with van der Waals surface area (Å²) >= 11 is 2.58. The highest BCUT2D eigenvalue weighted by Gasteiger charge is 2.48. The monoisotopic (exact) mass is 316 g/mol. The summed E-state index contributed by atoms with van der Waals surface area (Å²) in [6.45, 7) is 5.09. The quantitative estimate of drug-likeness (QED) is 0.741. The first-order chi connectivity index (χ1) is 9.49. The third-order valence-corrected chi connectivity index (χ3v) is 5.77. The van der Waals surface area contributed by atoms with E-state index in [1.54, 1.807) is 4.90 Å². The van der Waals surface area contributed by atoms with Gasteiger partial charge in [-0.2, -0.15) is 0 Å². The summed E-state index contributed by atoms with van der Waals surface area (Å²) in [6.07, 6.45) is 0.371. The Morgan fingerprint density at radius 2 is 2.10 bits per heavy atom. The maximum Gasteiger partial charge on any atom is 0.354 e. The van der Waals surface area contributed by atoms with Crippen LogP contribution >= 0.6 is 23.5 Å². The van der Waals surface area contributed by atoms with Crippen LogP contribution in [0.4, 0.5) is 0 Å². The number of hydrogen-bond donors (Lipinski definition) is 1. The zero-order valence-corrected chi connectivity index (χ0v) is 12.9. The molecule has 2 aliphatic heterocycles. The average molecular weight is 316 g/mol. The van der Waals surface area contributed by atoms with Crippen LogP contribution in [0.2, 0.25) is 0 Å². The van der Waals surface area contributed by atoms with E-state index in [0.717, 1.165) is 0 Å². The molecule has 0 aromatic rings. The predicted molar refractivity (Wildman–Crippen MR) is 77.9 cm³/mol. The molecule has 0 aromatic carbocycles. The molecule has 110 valence electrons. The minimum atomic E-state index is -1.11. The smallest absolute Gasteiger partial charge is 0.354 e. The van der Waals surface area contributed by atoms with Crippen molar-refractivity contribution < 1.29 is 19.5 Å². The lowest BCUT2D eigenvalue weighted by atomic mass is 10.2. The molecule has 1 N–H and O–H groups in total. The number of carboxylic acids is 1. The van der Waals surface area contributed by atoms with E-state index in [1.807, 2.05) is 13.8 Å². The molecule has 8 heteroatoms. The molecular weight excluding hydrogens is 300 g/mol. The van der Waals surface area contributed by atoms with Crippen molar-refractivity contribution >= 4 is 41.3 Å². The highest BCUT2D eigenvalue weighted by Crippen LogP contribution is 2.50. The summed E-state index contributed by atoms with van der Waals surface area (Å²) in [4.78, 5) is 37.7. The Morgan fingerprint density at radius 1 is 1.45 bits per heavy atom. The Hall–Kier alpha value is -1.15. The molecule has 1 saturated heterocycles. The van der Waals surface area contributed by atoms with Gasteiger partial charge in [0.1, 0.15) is 0 Å². The van der Waals surface area contributed by atoms with Crippen LogP contribution < -0.4 is 0 Å². The molecule has 1 atom stereocenters. The number of β-lactam (4-membered cyclic amide) rings is 1. The largest absolute Gasteiger partial charge is 0.477 e. The molecule has 6 nitrogen and oxygen atoms in total. The SMILES string of the molecule is CCN(CC)C(=O)CSC1=C(C(=O)O)N2C(=O)C[C@@H]2S1. The minimum Gasteiger partial charge on any atom is -0.477 e. The number of aliphatic carboxylic acids is 1. The van der Waals surface area contributed by atoms with E-state index in [0.29, 0.717) is 23.7 Å². The number of fused-ring (bicyclic) bond motifs is 1. The highest BCUT2D eigenvalue weighted by molar-refractivity contribution is 8.23. The van der Waals surface area contributed by atoms with E-state index in [9.17, 15) is 19.5 Å². The topological polar surface area (TPSA) is 77.9 Å². The maximum atomic E-state index is 11.9. The summed E-state index contributed by atoms with van der Waals surface area (Å²) in [5.74, 6) is -1.08. The molecule has 2 aliphatic rings. The average Bonchev–Trinajstić information content (AvgIpc) is 2.70. The molecule has 2 rings (SSSR count). The predicted octanol–water partition coefficient (Wildman–Crippen LogP) is 1.15. The second-order valence-electron chi connectivity index (χ2n) is 4.34. The number of carbonyl (C=O) groups is 3. The Bertz CT molecular complexity index is 488. The Morgan fingerprint density at radius 3 is 2.60 bits per heavy atom. The van der Waals surface area contributed by atoms with E-state index < -0.39 is 5.97 Å². The number of carboxylic acid groups (broad SMARTS) is 1. The molecule has 2 heterocycles. The van der Waals surface area contributed by atoms with Crippen molar-refractivity contribution in [3.05, 3.63) is 9.93 Å². The molecule has 0 saturated carbocycles. The summed E-state index contributed by atoms with van der Waals surface area (Å²) in [5, 5.41) is 9.12. The number of amides is 2. The maximum absolute atomic E-state index is 11.9. The van der Waals surface area contributed by atoms with Gasteiger partial charge in [0.05, 0.1) is 21.8 Å². The Balaban J connectivity index is 2.04. The lowest BCUT2D eigenvalue weighted by Crippen LogP contribution is -2.48. The Labute approximate surface area is 125 Å². The van der Waals surface area contributed by atoms with Crippen LogP contribution in [0.3, 0.4) is 0 Å². The lowest BCUT2D eigenvalue weighted by molar-refractivity contribution is -0.145. The van der Waals surface area contributed by atoms with Crippen LogP contribution in [0.5, 0.6) is 0 Å². The van der Waals surface area contributed by atoms with Crippen molar-refractivity contribution in [2.45, 2.75) is 25.6 Å². The normalized spacial score (nSPS) is 20.8. The van der Waals surface area contributed by atoms with Crippen molar-refractivity contribution in [1.82, 2.24) is 9.80 Å². The van der Waals surface area contributed by atoms with Crippen molar-refractivity contribution in [1.29, 1.82) is 0 Å². The second kappa shape index (κ2) is 6.09. The Kier molecular flexibility index (Phi) is 4.64. The van der Waals surface area contributed by atoms with Crippen LogP contribution in [0, 0.1) is 0 Å². The van der Waals surface area contributed by atoms with Crippen molar-refractivity contribution in [3.63, 3.8) is 0 Å². The van der Waals surface area contributed by atoms with Crippen LogP contribution in [0.25, 0.3) is 0 Å². The van der Waals surface area contributed by atoms with Crippen molar-refractivity contribution in [2.24, 2.45) is 0 Å². The third-order valence-electron chi connectivity index (χ3n) is 3.23.